The Balaban J connectivity index is 1.78. The van der Waals surface area contributed by atoms with E-state index in [4.69, 9.17) is 15.9 Å². The summed E-state index contributed by atoms with van der Waals surface area (Å²) in [5.74, 6) is 3.24. The first-order valence-electron chi connectivity index (χ1n) is 8.05. The van der Waals surface area contributed by atoms with Crippen molar-refractivity contribution < 1.29 is 9.47 Å². The normalized spacial score (nSPS) is 29.8. The highest BCUT2D eigenvalue weighted by atomic mass is 16.5. The lowest BCUT2D eigenvalue weighted by atomic mass is 9.98. The second-order valence-corrected chi connectivity index (χ2v) is 6.03. The number of rotatable bonds is 5. The quantitative estimate of drug-likeness (QED) is 0.769. The number of ether oxygens (including phenoxy) is 2. The van der Waals surface area contributed by atoms with Crippen molar-refractivity contribution in [2.75, 3.05) is 13.2 Å². The van der Waals surface area contributed by atoms with Crippen molar-refractivity contribution in [2.45, 2.75) is 18.6 Å². The van der Waals surface area contributed by atoms with Gasteiger partial charge >= 0.3 is 0 Å². The molecule has 0 spiro atoms. The summed E-state index contributed by atoms with van der Waals surface area (Å²) in [7, 11) is 0. The molecule has 1 aliphatic heterocycles. The van der Waals surface area contributed by atoms with Crippen molar-refractivity contribution in [3.63, 3.8) is 0 Å². The predicted molar refractivity (Wildman–Crippen MR) is 93.7 cm³/mol. The number of terminal acetylenes is 1. The minimum atomic E-state index is 0.0126. The molecule has 1 fully saturated rings. The van der Waals surface area contributed by atoms with E-state index in [2.05, 4.69) is 42.9 Å². The first-order valence-corrected chi connectivity index (χ1v) is 8.05. The summed E-state index contributed by atoms with van der Waals surface area (Å²) in [6, 6.07) is 10.3. The Hall–Kier alpha value is -2.08. The maximum Gasteiger partial charge on any atom is 0.107 e. The second-order valence-electron chi connectivity index (χ2n) is 6.03. The van der Waals surface area contributed by atoms with Gasteiger partial charge in [-0.3, -0.25) is 0 Å². The van der Waals surface area contributed by atoms with Crippen molar-refractivity contribution in [3.8, 4) is 12.3 Å². The van der Waals surface area contributed by atoms with E-state index in [0.717, 1.165) is 12.0 Å². The van der Waals surface area contributed by atoms with Crippen LogP contribution in [0.5, 0.6) is 0 Å². The van der Waals surface area contributed by atoms with Crippen molar-refractivity contribution >= 4 is 6.08 Å². The van der Waals surface area contributed by atoms with E-state index >= 15 is 0 Å². The summed E-state index contributed by atoms with van der Waals surface area (Å²) in [5.41, 5.74) is 2.36. The molecule has 118 valence electrons. The molecule has 2 aliphatic rings. The van der Waals surface area contributed by atoms with Crippen LogP contribution >= 0.6 is 0 Å². The van der Waals surface area contributed by atoms with E-state index in [1.807, 2.05) is 24.3 Å². The van der Waals surface area contributed by atoms with Crippen LogP contribution in [0.25, 0.3) is 6.08 Å². The first-order chi connectivity index (χ1) is 11.3. The minimum Gasteiger partial charge on any atom is -0.370 e. The van der Waals surface area contributed by atoms with Crippen molar-refractivity contribution in [2.24, 2.45) is 11.8 Å². The van der Waals surface area contributed by atoms with Crippen molar-refractivity contribution in [1.82, 2.24) is 0 Å². The monoisotopic (exact) mass is 306 g/mol. The largest absolute Gasteiger partial charge is 0.370 e. The summed E-state index contributed by atoms with van der Waals surface area (Å²) in [6.07, 6.45) is 15.0. The van der Waals surface area contributed by atoms with Gasteiger partial charge in [-0.2, -0.15) is 0 Å². The van der Waals surface area contributed by atoms with Crippen LogP contribution in [-0.4, -0.2) is 25.4 Å². The molecule has 0 unspecified atom stereocenters. The standard InChI is InChI=1S/C21H22O2/c1-3-12-22-20-18(11-10-17-8-6-5-7-9-17)14-19-13-16(4-2)15-23-21(19)20/h1,4-11,13,18-21H,2,12,14-15H2/b11-10+/t18-,19+,20-,21+/m1/s1. The summed E-state index contributed by atoms with van der Waals surface area (Å²) in [4.78, 5) is 0. The van der Waals surface area contributed by atoms with Crippen molar-refractivity contribution in [3.05, 3.63) is 66.3 Å². The molecule has 1 heterocycles. The zero-order valence-electron chi connectivity index (χ0n) is 13.2. The molecule has 0 N–H and O–H groups in total. The molecule has 0 bridgehead atoms. The van der Waals surface area contributed by atoms with Crippen LogP contribution in [-0.2, 0) is 9.47 Å². The highest BCUT2D eigenvalue weighted by Gasteiger charge is 2.44. The molecule has 1 saturated carbocycles. The van der Waals surface area contributed by atoms with E-state index in [1.165, 1.54) is 5.56 Å². The fourth-order valence-electron chi connectivity index (χ4n) is 3.44. The van der Waals surface area contributed by atoms with E-state index in [9.17, 15) is 0 Å². The fraction of sp³-hybridized carbons (Fsp3) is 0.333. The smallest absolute Gasteiger partial charge is 0.107 e. The van der Waals surface area contributed by atoms with Gasteiger partial charge in [-0.25, -0.2) is 0 Å². The molecule has 0 aromatic heterocycles. The van der Waals surface area contributed by atoms with E-state index in [1.54, 1.807) is 0 Å². The fourth-order valence-corrected chi connectivity index (χ4v) is 3.44. The molecule has 3 rings (SSSR count). The molecule has 0 saturated heterocycles. The third-order valence-corrected chi connectivity index (χ3v) is 4.54. The van der Waals surface area contributed by atoms with E-state index < -0.39 is 0 Å². The molecule has 4 atom stereocenters. The SMILES string of the molecule is C#CCO[C@H]1[C@H]2OCC(C=C)=C[C@H]2C[C@H]1/C=C/c1ccccc1. The average Bonchev–Trinajstić information content (AvgIpc) is 2.95. The topological polar surface area (TPSA) is 18.5 Å². The molecule has 0 amide bonds. The predicted octanol–water partition coefficient (Wildman–Crippen LogP) is 3.87. The summed E-state index contributed by atoms with van der Waals surface area (Å²) < 4.78 is 12.0. The van der Waals surface area contributed by atoms with Crippen molar-refractivity contribution in [1.29, 1.82) is 0 Å². The van der Waals surface area contributed by atoms with Gasteiger partial charge in [-0.05, 0) is 17.6 Å². The van der Waals surface area contributed by atoms with Gasteiger partial charge in [-0.1, -0.05) is 67.1 Å². The van der Waals surface area contributed by atoms with E-state index in [0.29, 0.717) is 25.0 Å². The van der Waals surface area contributed by atoms with Crippen LogP contribution in [0.4, 0.5) is 0 Å². The maximum atomic E-state index is 6.03. The molecule has 2 nitrogen and oxygen atoms in total. The van der Waals surface area contributed by atoms with Crippen LogP contribution < -0.4 is 0 Å². The maximum absolute atomic E-state index is 6.03. The van der Waals surface area contributed by atoms with Crippen LogP contribution in [0.2, 0.25) is 0 Å². The molecule has 1 aromatic rings. The lowest BCUT2D eigenvalue weighted by Crippen LogP contribution is -2.35. The molecule has 1 aliphatic carbocycles. The van der Waals surface area contributed by atoms with Gasteiger partial charge in [0.2, 0.25) is 0 Å². The Labute approximate surface area is 138 Å². The van der Waals surface area contributed by atoms with Crippen LogP contribution in [0, 0.1) is 24.2 Å². The van der Waals surface area contributed by atoms with Gasteiger partial charge in [0, 0.05) is 11.8 Å². The Morgan fingerprint density at radius 2 is 2.17 bits per heavy atom. The number of fused-ring (bicyclic) bond motifs is 1. The first kappa shape index (κ1) is 15.8. The van der Waals surface area contributed by atoms with Gasteiger partial charge in [0.05, 0.1) is 18.8 Å². The zero-order chi connectivity index (χ0) is 16.1. The Bertz CT molecular complexity index is 636. The summed E-state index contributed by atoms with van der Waals surface area (Å²) in [6.45, 7) is 4.77. The Kier molecular flexibility index (Phi) is 5.12. The summed E-state index contributed by atoms with van der Waals surface area (Å²) >= 11 is 0. The Morgan fingerprint density at radius 3 is 2.91 bits per heavy atom. The van der Waals surface area contributed by atoms with E-state index in [-0.39, 0.29) is 12.2 Å². The van der Waals surface area contributed by atoms with Gasteiger partial charge < -0.3 is 9.47 Å². The minimum absolute atomic E-state index is 0.0126. The molecule has 0 radical (unpaired) electrons. The van der Waals surface area contributed by atoms with Gasteiger partial charge in [0.15, 0.2) is 0 Å². The van der Waals surface area contributed by atoms with Gasteiger partial charge in [0.1, 0.15) is 6.61 Å². The van der Waals surface area contributed by atoms with Crippen LogP contribution in [0.15, 0.2) is 60.7 Å². The van der Waals surface area contributed by atoms with Gasteiger partial charge in [-0.15, -0.1) is 6.42 Å². The second kappa shape index (κ2) is 7.46. The van der Waals surface area contributed by atoms with Gasteiger partial charge in [0.25, 0.3) is 0 Å². The molecule has 2 heteroatoms. The molecular weight excluding hydrogens is 284 g/mol. The third-order valence-electron chi connectivity index (χ3n) is 4.54. The lowest BCUT2D eigenvalue weighted by molar-refractivity contribution is -0.0636. The number of benzene rings is 1. The third kappa shape index (κ3) is 3.64. The highest BCUT2D eigenvalue weighted by Crippen LogP contribution is 2.40. The molecule has 1 aromatic carbocycles. The van der Waals surface area contributed by atoms with Crippen LogP contribution in [0.3, 0.4) is 0 Å². The zero-order valence-corrected chi connectivity index (χ0v) is 13.2. The highest BCUT2D eigenvalue weighted by molar-refractivity contribution is 5.49. The number of hydrogen-bond acceptors (Lipinski definition) is 2. The average molecular weight is 306 g/mol. The summed E-state index contributed by atoms with van der Waals surface area (Å²) in [5, 5.41) is 0. The number of hydrogen-bond donors (Lipinski definition) is 0. The lowest BCUT2D eigenvalue weighted by Gasteiger charge is -2.28. The molecular formula is C21H22O2. The Morgan fingerprint density at radius 1 is 1.35 bits per heavy atom. The molecule has 23 heavy (non-hydrogen) atoms. The van der Waals surface area contributed by atoms with Crippen LogP contribution in [0.1, 0.15) is 12.0 Å².